The van der Waals surface area contributed by atoms with Gasteiger partial charge in [0.2, 0.25) is 11.9 Å². The summed E-state index contributed by atoms with van der Waals surface area (Å²) in [5, 5.41) is 2.50. The summed E-state index contributed by atoms with van der Waals surface area (Å²) in [6.45, 7) is -0.0732. The number of carbonyl (C=O) groups excluding carboxylic acids is 2. The van der Waals surface area contributed by atoms with Gasteiger partial charge in [-0.2, -0.15) is 0 Å². The lowest BCUT2D eigenvalue weighted by Gasteiger charge is -2.48. The van der Waals surface area contributed by atoms with E-state index in [1.807, 2.05) is 12.1 Å². The molecular formula is C17H14BrFN4O2. The molecular weight excluding hydrogens is 391 g/mol. The number of anilines is 1. The van der Waals surface area contributed by atoms with Gasteiger partial charge in [-0.25, -0.2) is 14.4 Å². The van der Waals surface area contributed by atoms with Crippen LogP contribution in [0.15, 0.2) is 35.1 Å². The summed E-state index contributed by atoms with van der Waals surface area (Å²) in [5.74, 6) is -0.834. The number of hydrogen-bond donors (Lipinski definition) is 1. The molecule has 1 fully saturated rings. The average Bonchev–Trinajstić information content (AvgIpc) is 2.54. The van der Waals surface area contributed by atoms with E-state index in [0.29, 0.717) is 5.56 Å². The van der Waals surface area contributed by atoms with E-state index in [2.05, 4.69) is 31.2 Å². The summed E-state index contributed by atoms with van der Waals surface area (Å²) in [6.07, 6.45) is 3.83. The van der Waals surface area contributed by atoms with Crippen LogP contribution in [0.1, 0.15) is 34.7 Å². The van der Waals surface area contributed by atoms with Crippen molar-refractivity contribution in [3.8, 4) is 0 Å². The first kappa shape index (κ1) is 16.1. The van der Waals surface area contributed by atoms with Gasteiger partial charge in [-0.05, 0) is 36.6 Å². The minimum absolute atomic E-state index is 0.0188. The van der Waals surface area contributed by atoms with E-state index in [9.17, 15) is 14.0 Å². The van der Waals surface area contributed by atoms with Crippen molar-refractivity contribution < 1.29 is 14.0 Å². The first-order chi connectivity index (χ1) is 12.0. The summed E-state index contributed by atoms with van der Waals surface area (Å²) in [6, 6.07) is 5.66. The molecule has 8 heteroatoms. The average molecular weight is 405 g/mol. The zero-order chi connectivity index (χ0) is 17.6. The van der Waals surface area contributed by atoms with Gasteiger partial charge in [0.15, 0.2) is 5.82 Å². The lowest BCUT2D eigenvalue weighted by atomic mass is 9.70. The number of nitrogens with zero attached hydrogens (tertiary/aromatic N) is 3. The highest BCUT2D eigenvalue weighted by Crippen LogP contribution is 2.46. The number of fused-ring (bicyclic) bond motifs is 3. The predicted molar refractivity (Wildman–Crippen MR) is 91.6 cm³/mol. The van der Waals surface area contributed by atoms with Crippen molar-refractivity contribution in [2.45, 2.75) is 24.8 Å². The van der Waals surface area contributed by atoms with E-state index in [1.54, 1.807) is 11.0 Å². The molecule has 6 nitrogen and oxygen atoms in total. The van der Waals surface area contributed by atoms with Gasteiger partial charge in [-0.15, -0.1) is 0 Å². The molecule has 2 atom stereocenters. The molecule has 2 aliphatic rings. The zero-order valence-corrected chi connectivity index (χ0v) is 14.7. The molecule has 0 spiro atoms. The van der Waals surface area contributed by atoms with Crippen molar-refractivity contribution in [3.63, 3.8) is 0 Å². The molecule has 4 rings (SSSR count). The molecule has 1 aliphatic carbocycles. The molecule has 0 bridgehead atoms. The fraction of sp³-hybridized carbons (Fsp3) is 0.294. The Labute approximate surface area is 151 Å². The predicted octanol–water partition coefficient (Wildman–Crippen LogP) is 2.72. The maximum absolute atomic E-state index is 12.8. The van der Waals surface area contributed by atoms with Crippen LogP contribution >= 0.6 is 15.9 Å². The van der Waals surface area contributed by atoms with Gasteiger partial charge in [0.05, 0.1) is 12.4 Å². The van der Waals surface area contributed by atoms with Gasteiger partial charge in [-0.3, -0.25) is 14.9 Å². The molecule has 0 unspecified atom stereocenters. The molecule has 1 saturated carbocycles. The van der Waals surface area contributed by atoms with Crippen LogP contribution in [0.25, 0.3) is 0 Å². The number of amides is 2. The van der Waals surface area contributed by atoms with Crippen LogP contribution in [0.3, 0.4) is 0 Å². The van der Waals surface area contributed by atoms with Gasteiger partial charge in [0.25, 0.3) is 5.91 Å². The molecule has 0 saturated heterocycles. The van der Waals surface area contributed by atoms with Crippen LogP contribution < -0.4 is 5.32 Å². The standard InChI is InChI=1S/C17H14BrFN4O2/c18-9-1-2-12-13(5-9)11-3-4-14(11)23(16(12)25)8-15(24)22-17-20-6-10(19)7-21-17/h1-2,5-7,11,14H,3-4,8H2,(H,20,21,22,24)/t11-,14-/m1/s1. The van der Waals surface area contributed by atoms with Crippen molar-refractivity contribution in [2.75, 3.05) is 11.9 Å². The Morgan fingerprint density at radius 3 is 2.76 bits per heavy atom. The molecule has 0 radical (unpaired) electrons. The van der Waals surface area contributed by atoms with Crippen LogP contribution in [0.5, 0.6) is 0 Å². The Hall–Kier alpha value is -2.35. The van der Waals surface area contributed by atoms with E-state index in [4.69, 9.17) is 0 Å². The molecule has 128 valence electrons. The minimum Gasteiger partial charge on any atom is -0.326 e. The second-order valence-electron chi connectivity index (χ2n) is 6.19. The van der Waals surface area contributed by atoms with E-state index in [-0.39, 0.29) is 30.4 Å². The molecule has 2 amide bonds. The van der Waals surface area contributed by atoms with Crippen molar-refractivity contribution in [2.24, 2.45) is 0 Å². The minimum atomic E-state index is -0.579. The zero-order valence-electron chi connectivity index (χ0n) is 13.1. The highest BCUT2D eigenvalue weighted by atomic mass is 79.9. The first-order valence-electron chi connectivity index (χ1n) is 7.91. The number of aromatic nitrogens is 2. The Bertz CT molecular complexity index is 858. The number of nitrogens with one attached hydrogen (secondary N) is 1. The van der Waals surface area contributed by atoms with Crippen molar-refractivity contribution >= 4 is 33.7 Å². The van der Waals surface area contributed by atoms with E-state index < -0.39 is 11.7 Å². The maximum Gasteiger partial charge on any atom is 0.254 e. The molecule has 1 N–H and O–H groups in total. The second-order valence-corrected chi connectivity index (χ2v) is 7.10. The topological polar surface area (TPSA) is 75.2 Å². The normalized spacial score (nSPS) is 21.2. The summed E-state index contributed by atoms with van der Waals surface area (Å²) in [5.41, 5.74) is 1.70. The molecule has 1 aromatic carbocycles. The fourth-order valence-corrected chi connectivity index (χ4v) is 3.82. The van der Waals surface area contributed by atoms with E-state index in [1.165, 1.54) is 0 Å². The maximum atomic E-state index is 12.8. The lowest BCUT2D eigenvalue weighted by molar-refractivity contribution is -0.117. The monoisotopic (exact) mass is 404 g/mol. The van der Waals surface area contributed by atoms with Gasteiger partial charge in [-0.1, -0.05) is 15.9 Å². The number of halogens is 2. The van der Waals surface area contributed by atoms with Crippen molar-refractivity contribution in [1.82, 2.24) is 14.9 Å². The Balaban J connectivity index is 1.52. The summed E-state index contributed by atoms with van der Waals surface area (Å²) < 4.78 is 13.8. The third-order valence-electron chi connectivity index (χ3n) is 4.73. The molecule has 1 aromatic heterocycles. The van der Waals surface area contributed by atoms with Crippen molar-refractivity contribution in [1.29, 1.82) is 0 Å². The Morgan fingerprint density at radius 1 is 1.32 bits per heavy atom. The quantitative estimate of drug-likeness (QED) is 0.852. The van der Waals surface area contributed by atoms with Gasteiger partial charge in [0.1, 0.15) is 6.54 Å². The number of carbonyl (C=O) groups is 2. The van der Waals surface area contributed by atoms with Gasteiger partial charge < -0.3 is 4.90 Å². The van der Waals surface area contributed by atoms with Gasteiger partial charge >= 0.3 is 0 Å². The molecule has 2 aromatic rings. The van der Waals surface area contributed by atoms with Crippen LogP contribution in [-0.4, -0.2) is 39.3 Å². The van der Waals surface area contributed by atoms with E-state index >= 15 is 0 Å². The van der Waals surface area contributed by atoms with Crippen LogP contribution in [0, 0.1) is 5.82 Å². The largest absolute Gasteiger partial charge is 0.326 e. The van der Waals surface area contributed by atoms with E-state index in [0.717, 1.165) is 35.3 Å². The highest BCUT2D eigenvalue weighted by molar-refractivity contribution is 9.10. The SMILES string of the molecule is O=C(CN1C(=O)c2ccc(Br)cc2[C@H]2CC[C@H]21)Nc1ncc(F)cn1. The molecule has 1 aliphatic heterocycles. The van der Waals surface area contributed by atoms with Crippen LogP contribution in [-0.2, 0) is 4.79 Å². The second kappa shape index (κ2) is 6.18. The van der Waals surface area contributed by atoms with Crippen molar-refractivity contribution in [3.05, 3.63) is 52.0 Å². The fourth-order valence-electron chi connectivity index (χ4n) is 3.44. The number of rotatable bonds is 3. The summed E-state index contributed by atoms with van der Waals surface area (Å²) in [7, 11) is 0. The Kier molecular flexibility index (Phi) is 3.99. The third kappa shape index (κ3) is 2.90. The van der Waals surface area contributed by atoms with Crippen LogP contribution in [0.4, 0.5) is 10.3 Å². The molecule has 2 heterocycles. The van der Waals surface area contributed by atoms with Gasteiger partial charge in [0, 0.05) is 22.0 Å². The summed E-state index contributed by atoms with van der Waals surface area (Å²) >= 11 is 3.45. The summed E-state index contributed by atoms with van der Waals surface area (Å²) in [4.78, 5) is 34.1. The smallest absolute Gasteiger partial charge is 0.254 e. The first-order valence-corrected chi connectivity index (χ1v) is 8.70. The third-order valence-corrected chi connectivity index (χ3v) is 5.22. The lowest BCUT2D eigenvalue weighted by Crippen LogP contribution is -2.55. The highest BCUT2D eigenvalue weighted by Gasteiger charge is 2.45. The van der Waals surface area contributed by atoms with Crippen LogP contribution in [0.2, 0.25) is 0 Å². The number of benzene rings is 1. The Morgan fingerprint density at radius 2 is 2.08 bits per heavy atom. The number of hydrogen-bond acceptors (Lipinski definition) is 4. The molecule has 25 heavy (non-hydrogen) atoms.